The van der Waals surface area contributed by atoms with Crippen molar-refractivity contribution in [1.29, 1.82) is 0 Å². The molecule has 58 heavy (non-hydrogen) atoms. The Labute approximate surface area is 334 Å². The highest BCUT2D eigenvalue weighted by molar-refractivity contribution is 6.16. The zero-order valence-electron chi connectivity index (χ0n) is 31.3. The molecule has 0 unspecified atom stereocenters. The molecule has 0 radical (unpaired) electrons. The Morgan fingerprint density at radius 1 is 0.362 bits per heavy atom. The first kappa shape index (κ1) is 32.4. The van der Waals surface area contributed by atoms with Crippen LogP contribution in [0.2, 0.25) is 0 Å². The normalized spacial score (nSPS) is 11.8. The van der Waals surface area contributed by atoms with Crippen LogP contribution in [0.5, 0.6) is 0 Å². The molecule has 0 spiro atoms. The number of rotatable bonds is 6. The molecular formula is C54H34N2O2. The number of benzene rings is 9. The average molecular weight is 743 g/mol. The van der Waals surface area contributed by atoms with Crippen LogP contribution in [0.25, 0.3) is 93.6 Å². The van der Waals surface area contributed by atoms with Crippen LogP contribution in [-0.2, 0) is 0 Å². The molecule has 0 aliphatic carbocycles. The van der Waals surface area contributed by atoms with Gasteiger partial charge in [0.15, 0.2) is 5.58 Å². The third-order valence-corrected chi connectivity index (χ3v) is 11.6. The first-order valence-corrected chi connectivity index (χ1v) is 19.7. The fourth-order valence-electron chi connectivity index (χ4n) is 8.99. The predicted molar refractivity (Wildman–Crippen MR) is 241 cm³/mol. The molecule has 0 amide bonds. The minimum absolute atomic E-state index is 0.815. The minimum Gasteiger partial charge on any atom is -0.456 e. The largest absolute Gasteiger partial charge is 0.456 e. The van der Waals surface area contributed by atoms with E-state index in [0.717, 1.165) is 83.3 Å². The van der Waals surface area contributed by atoms with Crippen LogP contribution >= 0.6 is 0 Å². The van der Waals surface area contributed by atoms with Crippen molar-refractivity contribution in [1.82, 2.24) is 4.57 Å². The van der Waals surface area contributed by atoms with E-state index in [1.807, 2.05) is 6.07 Å². The summed E-state index contributed by atoms with van der Waals surface area (Å²) in [7, 11) is 0. The van der Waals surface area contributed by atoms with Gasteiger partial charge < -0.3 is 18.3 Å². The first-order chi connectivity index (χ1) is 28.8. The smallest absolute Gasteiger partial charge is 0.159 e. The number of aromatic nitrogens is 1. The Morgan fingerprint density at radius 3 is 1.69 bits per heavy atom. The average Bonchev–Trinajstić information content (AvgIpc) is 3.97. The molecule has 4 heteroatoms. The molecule has 0 aliphatic rings. The molecule has 12 rings (SSSR count). The van der Waals surface area contributed by atoms with Crippen molar-refractivity contribution in [3.63, 3.8) is 0 Å². The molecule has 0 aliphatic heterocycles. The van der Waals surface area contributed by atoms with E-state index in [-0.39, 0.29) is 0 Å². The highest BCUT2D eigenvalue weighted by Crippen LogP contribution is 2.46. The molecule has 0 fully saturated rings. The number of hydrogen-bond acceptors (Lipinski definition) is 3. The highest BCUT2D eigenvalue weighted by atomic mass is 16.3. The lowest BCUT2D eigenvalue weighted by Gasteiger charge is -2.25. The maximum Gasteiger partial charge on any atom is 0.159 e. The van der Waals surface area contributed by atoms with Crippen LogP contribution in [0.4, 0.5) is 17.1 Å². The standard InChI is InChI=1S/C54H34N2O2/c1-3-14-35(15-4-1)36-28-30-38(31-29-36)55(49-26-12-22-44-43-21-11-20-40(53(43)58-54(44)49)37-16-5-2-6-17-37)39-32-33-45-51(34-39)57-50-27-13-25-48(52(45)50)56-46-23-9-7-18-41(46)42-19-8-10-24-47(42)56/h1-34H. The molecule has 272 valence electrons. The maximum absolute atomic E-state index is 6.98. The summed E-state index contributed by atoms with van der Waals surface area (Å²) < 4.78 is 16.2. The molecule has 4 nitrogen and oxygen atoms in total. The molecule has 0 bridgehead atoms. The summed E-state index contributed by atoms with van der Waals surface area (Å²) in [6.45, 7) is 0. The van der Waals surface area contributed by atoms with Gasteiger partial charge in [0.05, 0.1) is 33.5 Å². The zero-order valence-corrected chi connectivity index (χ0v) is 31.3. The number of hydrogen-bond donors (Lipinski definition) is 0. The van der Waals surface area contributed by atoms with E-state index in [2.05, 4.69) is 210 Å². The molecule has 0 saturated carbocycles. The van der Waals surface area contributed by atoms with E-state index in [4.69, 9.17) is 8.83 Å². The van der Waals surface area contributed by atoms with Gasteiger partial charge in [0.2, 0.25) is 0 Å². The second-order valence-electron chi connectivity index (χ2n) is 14.9. The Kier molecular flexibility index (Phi) is 7.20. The lowest BCUT2D eigenvalue weighted by Crippen LogP contribution is -2.10. The summed E-state index contributed by atoms with van der Waals surface area (Å²) in [5.74, 6) is 0. The van der Waals surface area contributed by atoms with Gasteiger partial charge in [-0.2, -0.15) is 0 Å². The summed E-state index contributed by atoms with van der Waals surface area (Å²) in [6.07, 6.45) is 0. The van der Waals surface area contributed by atoms with Crippen LogP contribution < -0.4 is 4.90 Å². The number of nitrogens with zero attached hydrogens (tertiary/aromatic N) is 2. The van der Waals surface area contributed by atoms with Gasteiger partial charge in [-0.05, 0) is 71.3 Å². The van der Waals surface area contributed by atoms with Crippen LogP contribution in [0, 0.1) is 0 Å². The summed E-state index contributed by atoms with van der Waals surface area (Å²) in [6, 6.07) is 72.9. The van der Waals surface area contributed by atoms with Gasteiger partial charge in [-0.25, -0.2) is 0 Å². The van der Waals surface area contributed by atoms with Gasteiger partial charge in [0, 0.05) is 44.2 Å². The summed E-state index contributed by atoms with van der Waals surface area (Å²) >= 11 is 0. The molecular weight excluding hydrogens is 709 g/mol. The molecule has 3 heterocycles. The molecule has 0 saturated heterocycles. The summed E-state index contributed by atoms with van der Waals surface area (Å²) in [5, 5.41) is 6.76. The SMILES string of the molecule is c1ccc(-c2ccc(N(c3ccc4c(c3)oc3cccc(-n5c6ccccc6c6ccccc65)c34)c3cccc4c3oc3c(-c5ccccc5)cccc34)cc2)cc1. The van der Waals surface area contributed by atoms with Crippen molar-refractivity contribution in [2.75, 3.05) is 4.90 Å². The number of furan rings is 2. The fourth-order valence-corrected chi connectivity index (χ4v) is 8.99. The van der Waals surface area contributed by atoms with Gasteiger partial charge in [0.1, 0.15) is 16.7 Å². The van der Waals surface area contributed by atoms with Gasteiger partial charge in [-0.15, -0.1) is 0 Å². The van der Waals surface area contributed by atoms with Gasteiger partial charge in [-0.3, -0.25) is 0 Å². The van der Waals surface area contributed by atoms with Crippen LogP contribution in [0.3, 0.4) is 0 Å². The van der Waals surface area contributed by atoms with E-state index < -0.39 is 0 Å². The van der Waals surface area contributed by atoms with E-state index >= 15 is 0 Å². The monoisotopic (exact) mass is 742 g/mol. The van der Waals surface area contributed by atoms with E-state index in [1.165, 1.54) is 27.4 Å². The van der Waals surface area contributed by atoms with E-state index in [1.54, 1.807) is 0 Å². The zero-order chi connectivity index (χ0) is 38.2. The molecule has 9 aromatic carbocycles. The molecule has 0 atom stereocenters. The lowest BCUT2D eigenvalue weighted by molar-refractivity contribution is 0.668. The van der Waals surface area contributed by atoms with Gasteiger partial charge >= 0.3 is 0 Å². The Hall–Kier alpha value is -7.82. The predicted octanol–water partition coefficient (Wildman–Crippen LogP) is 15.4. The van der Waals surface area contributed by atoms with E-state index in [9.17, 15) is 0 Å². The van der Waals surface area contributed by atoms with Crippen LogP contribution in [0.15, 0.2) is 215 Å². The van der Waals surface area contributed by atoms with Crippen LogP contribution in [-0.4, -0.2) is 4.57 Å². The fraction of sp³-hybridized carbons (Fsp3) is 0. The topological polar surface area (TPSA) is 34.5 Å². The summed E-state index contributed by atoms with van der Waals surface area (Å²) in [4.78, 5) is 2.29. The molecule has 12 aromatic rings. The maximum atomic E-state index is 6.98. The third-order valence-electron chi connectivity index (χ3n) is 11.6. The second kappa shape index (κ2) is 12.9. The van der Waals surface area contributed by atoms with Crippen molar-refractivity contribution >= 4 is 82.7 Å². The van der Waals surface area contributed by atoms with Crippen molar-refractivity contribution in [3.05, 3.63) is 206 Å². The molecule has 3 aromatic heterocycles. The van der Waals surface area contributed by atoms with E-state index in [0.29, 0.717) is 0 Å². The number of fused-ring (bicyclic) bond motifs is 9. The Morgan fingerprint density at radius 2 is 0.948 bits per heavy atom. The van der Waals surface area contributed by atoms with Gasteiger partial charge in [0.25, 0.3) is 0 Å². The summed E-state index contributed by atoms with van der Waals surface area (Å²) in [5.41, 5.74) is 14.2. The highest BCUT2D eigenvalue weighted by Gasteiger charge is 2.23. The Balaban J connectivity index is 1.07. The van der Waals surface area contributed by atoms with Crippen molar-refractivity contribution < 1.29 is 8.83 Å². The Bertz CT molecular complexity index is 3450. The van der Waals surface area contributed by atoms with Crippen molar-refractivity contribution in [3.8, 4) is 27.9 Å². The van der Waals surface area contributed by atoms with Gasteiger partial charge in [-0.1, -0.05) is 146 Å². The van der Waals surface area contributed by atoms with Crippen LogP contribution in [0.1, 0.15) is 0 Å². The van der Waals surface area contributed by atoms with Crippen molar-refractivity contribution in [2.45, 2.75) is 0 Å². The van der Waals surface area contributed by atoms with Crippen molar-refractivity contribution in [2.24, 2.45) is 0 Å². The second-order valence-corrected chi connectivity index (χ2v) is 14.9. The minimum atomic E-state index is 0.815. The first-order valence-electron chi connectivity index (χ1n) is 19.7. The number of para-hydroxylation sites is 4. The molecule has 0 N–H and O–H groups in total. The quantitative estimate of drug-likeness (QED) is 0.170. The third kappa shape index (κ3) is 4.95. The lowest BCUT2D eigenvalue weighted by atomic mass is 10.0. The number of anilines is 3.